The molecule has 0 N–H and O–H groups in total. The summed E-state index contributed by atoms with van der Waals surface area (Å²) < 4.78 is 32.3. The topological polar surface area (TPSA) is 29.5 Å². The van der Waals surface area contributed by atoms with Crippen LogP contribution in [-0.4, -0.2) is 22.6 Å². The van der Waals surface area contributed by atoms with Crippen LogP contribution in [0.5, 0.6) is 0 Å². The van der Waals surface area contributed by atoms with E-state index in [-0.39, 0.29) is 12.6 Å². The van der Waals surface area contributed by atoms with Crippen LogP contribution in [0.25, 0.3) is 0 Å². The van der Waals surface area contributed by atoms with E-state index in [0.29, 0.717) is 10.0 Å². The smallest absolute Gasteiger partial charge is 0.410 e. The summed E-state index contributed by atoms with van der Waals surface area (Å²) in [6.07, 6.45) is 1.38. The van der Waals surface area contributed by atoms with Crippen molar-refractivity contribution in [3.8, 4) is 0 Å². The first-order valence-corrected chi connectivity index (χ1v) is 7.60. The van der Waals surface area contributed by atoms with Gasteiger partial charge in [-0.1, -0.05) is 15.9 Å². The molecule has 21 heavy (non-hydrogen) atoms. The van der Waals surface area contributed by atoms with E-state index in [0.717, 1.165) is 25.0 Å². The molecule has 0 saturated heterocycles. The monoisotopic (exact) mass is 361 g/mol. The summed E-state index contributed by atoms with van der Waals surface area (Å²) in [5.74, 6) is -1.84. The van der Waals surface area contributed by atoms with E-state index in [9.17, 15) is 13.6 Å². The number of hydrogen-bond donors (Lipinski definition) is 0. The second-order valence-electron chi connectivity index (χ2n) is 6.20. The van der Waals surface area contributed by atoms with E-state index in [1.807, 2.05) is 0 Å². The van der Waals surface area contributed by atoms with Gasteiger partial charge in [0.05, 0.1) is 6.54 Å². The number of carbonyl (C=O) groups is 1. The summed E-state index contributed by atoms with van der Waals surface area (Å²) >= 11 is 3.20. The Kier molecular flexibility index (Phi) is 4.56. The number of amides is 1. The molecule has 0 atom stereocenters. The molecular formula is C15H18BrF2NO2. The Morgan fingerprint density at radius 1 is 1.33 bits per heavy atom. The second-order valence-corrected chi connectivity index (χ2v) is 7.05. The van der Waals surface area contributed by atoms with Crippen LogP contribution in [-0.2, 0) is 11.3 Å². The van der Waals surface area contributed by atoms with Crippen molar-refractivity contribution in [2.45, 2.75) is 51.8 Å². The minimum absolute atomic E-state index is 0.111. The van der Waals surface area contributed by atoms with Gasteiger partial charge in [-0.2, -0.15) is 0 Å². The van der Waals surface area contributed by atoms with Crippen LogP contribution in [0.3, 0.4) is 0 Å². The predicted molar refractivity (Wildman–Crippen MR) is 78.9 cm³/mol. The fraction of sp³-hybridized carbons (Fsp3) is 0.533. The van der Waals surface area contributed by atoms with Crippen LogP contribution < -0.4 is 0 Å². The Bertz CT molecular complexity index is 553. The zero-order valence-corrected chi connectivity index (χ0v) is 13.8. The molecule has 1 aliphatic carbocycles. The summed E-state index contributed by atoms with van der Waals surface area (Å²) in [6, 6.07) is 2.30. The van der Waals surface area contributed by atoms with Crippen molar-refractivity contribution in [2.24, 2.45) is 0 Å². The highest BCUT2D eigenvalue weighted by molar-refractivity contribution is 9.10. The Labute approximate surface area is 131 Å². The first kappa shape index (κ1) is 16.2. The maximum absolute atomic E-state index is 13.4. The van der Waals surface area contributed by atoms with Crippen LogP contribution in [0.2, 0.25) is 0 Å². The van der Waals surface area contributed by atoms with Gasteiger partial charge in [-0.05, 0) is 51.3 Å². The quantitative estimate of drug-likeness (QED) is 0.734. The van der Waals surface area contributed by atoms with Gasteiger partial charge in [0.15, 0.2) is 11.6 Å². The van der Waals surface area contributed by atoms with Crippen LogP contribution in [0.15, 0.2) is 16.6 Å². The first-order chi connectivity index (χ1) is 9.67. The lowest BCUT2D eigenvalue weighted by Crippen LogP contribution is -2.37. The lowest BCUT2D eigenvalue weighted by molar-refractivity contribution is 0.0216. The van der Waals surface area contributed by atoms with E-state index >= 15 is 0 Å². The fourth-order valence-electron chi connectivity index (χ4n) is 1.92. The molecule has 3 nitrogen and oxygen atoms in total. The van der Waals surface area contributed by atoms with Crippen molar-refractivity contribution < 1.29 is 18.3 Å². The highest BCUT2D eigenvalue weighted by Gasteiger charge is 2.35. The molecule has 2 rings (SSSR count). The highest BCUT2D eigenvalue weighted by atomic mass is 79.9. The second kappa shape index (κ2) is 5.91. The molecule has 6 heteroatoms. The van der Waals surface area contributed by atoms with E-state index in [2.05, 4.69) is 15.9 Å². The Hall–Kier alpha value is -1.17. The molecule has 0 radical (unpaired) electrons. The number of benzene rings is 1. The van der Waals surface area contributed by atoms with Crippen LogP contribution in [0.1, 0.15) is 39.2 Å². The normalized spacial score (nSPS) is 15.0. The molecule has 1 aromatic rings. The Morgan fingerprint density at radius 3 is 2.43 bits per heavy atom. The van der Waals surface area contributed by atoms with E-state index in [1.165, 1.54) is 0 Å². The molecule has 116 valence electrons. The molecular weight excluding hydrogens is 344 g/mol. The summed E-state index contributed by atoms with van der Waals surface area (Å²) in [5.41, 5.74) is -0.0677. The van der Waals surface area contributed by atoms with Gasteiger partial charge in [0.1, 0.15) is 5.60 Å². The van der Waals surface area contributed by atoms with E-state index in [4.69, 9.17) is 4.74 Å². The van der Waals surface area contributed by atoms with Gasteiger partial charge in [-0.25, -0.2) is 13.6 Å². The molecule has 0 bridgehead atoms. The minimum atomic E-state index is -0.923. The summed E-state index contributed by atoms with van der Waals surface area (Å²) in [5, 5.41) is 0. The molecule has 0 unspecified atom stereocenters. The minimum Gasteiger partial charge on any atom is -0.444 e. The molecule has 0 aliphatic heterocycles. The zero-order chi connectivity index (χ0) is 15.8. The average Bonchev–Trinajstić information content (AvgIpc) is 3.13. The number of ether oxygens (including phenoxy) is 1. The van der Waals surface area contributed by atoms with Crippen LogP contribution in [0.4, 0.5) is 13.6 Å². The standard InChI is InChI=1S/C15H18BrF2NO2/c1-15(2,3)21-14(20)19(10-4-5-10)8-9-6-12(17)13(18)7-11(9)16/h6-7,10H,4-5,8H2,1-3H3. The van der Waals surface area contributed by atoms with E-state index in [1.54, 1.807) is 25.7 Å². The van der Waals surface area contributed by atoms with Crippen molar-refractivity contribution in [3.63, 3.8) is 0 Å². The maximum Gasteiger partial charge on any atom is 0.410 e. The SMILES string of the molecule is CC(C)(C)OC(=O)N(Cc1cc(F)c(F)cc1Br)C1CC1. The molecule has 1 aromatic carbocycles. The molecule has 0 aromatic heterocycles. The van der Waals surface area contributed by atoms with Gasteiger partial charge in [0, 0.05) is 10.5 Å². The average molecular weight is 362 g/mol. The van der Waals surface area contributed by atoms with Crippen molar-refractivity contribution in [3.05, 3.63) is 33.8 Å². The molecule has 1 amide bonds. The lowest BCUT2D eigenvalue weighted by atomic mass is 10.2. The Morgan fingerprint density at radius 2 is 1.90 bits per heavy atom. The third-order valence-electron chi connectivity index (χ3n) is 3.05. The van der Waals surface area contributed by atoms with Crippen molar-refractivity contribution in [1.29, 1.82) is 0 Å². The Balaban J connectivity index is 2.17. The molecule has 0 heterocycles. The van der Waals surface area contributed by atoms with Gasteiger partial charge in [-0.15, -0.1) is 0 Å². The maximum atomic E-state index is 13.4. The van der Waals surface area contributed by atoms with E-state index < -0.39 is 23.3 Å². The number of hydrogen-bond acceptors (Lipinski definition) is 2. The largest absolute Gasteiger partial charge is 0.444 e. The van der Waals surface area contributed by atoms with Gasteiger partial charge in [0.25, 0.3) is 0 Å². The van der Waals surface area contributed by atoms with Crippen LogP contribution >= 0.6 is 15.9 Å². The lowest BCUT2D eigenvalue weighted by Gasteiger charge is -2.27. The molecule has 0 spiro atoms. The predicted octanol–water partition coefficient (Wildman–Crippen LogP) is 4.63. The van der Waals surface area contributed by atoms with Crippen LogP contribution in [0, 0.1) is 11.6 Å². The number of carbonyl (C=O) groups excluding carboxylic acids is 1. The summed E-state index contributed by atoms with van der Waals surface area (Å²) in [4.78, 5) is 13.8. The highest BCUT2D eigenvalue weighted by Crippen LogP contribution is 2.31. The van der Waals surface area contributed by atoms with Crippen molar-refractivity contribution in [1.82, 2.24) is 4.90 Å². The van der Waals surface area contributed by atoms with Gasteiger partial charge >= 0.3 is 6.09 Å². The number of rotatable bonds is 3. The third kappa shape index (κ3) is 4.40. The number of halogens is 3. The zero-order valence-electron chi connectivity index (χ0n) is 12.3. The third-order valence-corrected chi connectivity index (χ3v) is 3.78. The van der Waals surface area contributed by atoms with Gasteiger partial charge in [0.2, 0.25) is 0 Å². The number of nitrogens with zero attached hydrogens (tertiary/aromatic N) is 1. The molecule has 1 fully saturated rings. The van der Waals surface area contributed by atoms with Crippen molar-refractivity contribution in [2.75, 3.05) is 0 Å². The fourth-order valence-corrected chi connectivity index (χ4v) is 2.36. The first-order valence-electron chi connectivity index (χ1n) is 6.80. The van der Waals surface area contributed by atoms with Gasteiger partial charge in [-0.3, -0.25) is 0 Å². The van der Waals surface area contributed by atoms with Gasteiger partial charge < -0.3 is 9.64 Å². The summed E-state index contributed by atoms with van der Waals surface area (Å²) in [6.45, 7) is 5.58. The van der Waals surface area contributed by atoms with Crippen molar-refractivity contribution >= 4 is 22.0 Å². The summed E-state index contributed by atoms with van der Waals surface area (Å²) in [7, 11) is 0. The molecule has 1 aliphatic rings. The molecule has 1 saturated carbocycles.